The summed E-state index contributed by atoms with van der Waals surface area (Å²) in [6, 6.07) is 32.7. The van der Waals surface area contributed by atoms with E-state index >= 15 is 0 Å². The van der Waals surface area contributed by atoms with Gasteiger partial charge in [0.15, 0.2) is 4.34 Å². The van der Waals surface area contributed by atoms with Gasteiger partial charge in [-0.3, -0.25) is 9.59 Å². The van der Waals surface area contributed by atoms with Crippen LogP contribution in [0.15, 0.2) is 112 Å². The number of nitrogens with one attached hydrogen (secondary N) is 2. The predicted molar refractivity (Wildman–Crippen MR) is 160 cm³/mol. The van der Waals surface area contributed by atoms with Crippen LogP contribution in [-0.4, -0.2) is 22.0 Å². The zero-order valence-corrected chi connectivity index (χ0v) is 23.6. The van der Waals surface area contributed by atoms with Crippen molar-refractivity contribution in [3.63, 3.8) is 0 Å². The molecule has 2 N–H and O–H groups in total. The molecule has 5 rings (SSSR count). The molecule has 38 heavy (non-hydrogen) atoms. The summed E-state index contributed by atoms with van der Waals surface area (Å²) in [6.07, 6.45) is 0. The lowest BCUT2D eigenvalue weighted by atomic mass is 9.98. The molecule has 0 aliphatic carbocycles. The first-order valence-corrected chi connectivity index (χ1v) is 14.5. The fourth-order valence-electron chi connectivity index (χ4n) is 3.99. The molecule has 1 aromatic heterocycles. The number of nitrogens with zero attached hydrogens (tertiary/aromatic N) is 1. The molecule has 0 saturated carbocycles. The molecule has 8 heteroatoms. The lowest BCUT2D eigenvalue weighted by Gasteiger charge is -2.21. The zero-order valence-electron chi connectivity index (χ0n) is 20.4. The number of fused-ring (bicyclic) bond motifs is 1. The third-order valence-electron chi connectivity index (χ3n) is 5.94. The fourth-order valence-corrected chi connectivity index (χ4v) is 6.71. The first-order chi connectivity index (χ1) is 18.5. The van der Waals surface area contributed by atoms with Crippen molar-refractivity contribution in [3.8, 4) is 0 Å². The predicted octanol–water partition coefficient (Wildman–Crippen LogP) is 7.70. The van der Waals surface area contributed by atoms with Gasteiger partial charge in [0.1, 0.15) is 0 Å². The van der Waals surface area contributed by atoms with Crippen LogP contribution in [0.4, 0.5) is 5.69 Å². The Morgan fingerprint density at radius 2 is 1.50 bits per heavy atom. The van der Waals surface area contributed by atoms with Crippen molar-refractivity contribution in [1.29, 1.82) is 0 Å². The van der Waals surface area contributed by atoms with Crippen LogP contribution in [0.25, 0.3) is 10.2 Å². The molecular weight excluding hydrogens is 578 g/mol. The zero-order chi connectivity index (χ0) is 26.5. The minimum absolute atomic E-state index is 0.0617. The van der Waals surface area contributed by atoms with E-state index in [0.717, 1.165) is 30.2 Å². The van der Waals surface area contributed by atoms with Crippen LogP contribution in [0.2, 0.25) is 0 Å². The van der Waals surface area contributed by atoms with Gasteiger partial charge in [-0.1, -0.05) is 84.6 Å². The third-order valence-corrected chi connectivity index (χ3v) is 8.85. The average Bonchev–Trinajstić information content (AvgIpc) is 3.34. The Bertz CT molecular complexity index is 1540. The number of anilines is 1. The Balaban J connectivity index is 1.28. The Kier molecular flexibility index (Phi) is 8.22. The molecule has 0 aliphatic heterocycles. The summed E-state index contributed by atoms with van der Waals surface area (Å²) in [7, 11) is 0. The number of thioether (sulfide) groups is 1. The van der Waals surface area contributed by atoms with Crippen molar-refractivity contribution in [2.45, 2.75) is 22.6 Å². The monoisotopic (exact) mass is 601 g/mol. The van der Waals surface area contributed by atoms with Gasteiger partial charge in [0.05, 0.1) is 27.1 Å². The number of hydrogen-bond donors (Lipinski definition) is 2. The molecule has 4 aromatic carbocycles. The summed E-state index contributed by atoms with van der Waals surface area (Å²) < 4.78 is 2.48. The van der Waals surface area contributed by atoms with E-state index in [-0.39, 0.29) is 23.1 Å². The molecule has 0 saturated heterocycles. The van der Waals surface area contributed by atoms with Crippen molar-refractivity contribution in [3.05, 3.63) is 124 Å². The molecule has 0 fully saturated rings. The first-order valence-electron chi connectivity index (χ1n) is 12.0. The highest BCUT2D eigenvalue weighted by molar-refractivity contribution is 9.10. The highest BCUT2D eigenvalue weighted by atomic mass is 79.9. The van der Waals surface area contributed by atoms with Crippen molar-refractivity contribution in [2.24, 2.45) is 0 Å². The van der Waals surface area contributed by atoms with Gasteiger partial charge in [0.25, 0.3) is 5.91 Å². The molecule has 0 aliphatic rings. The fraction of sp³-hybridized carbons (Fsp3) is 0.100. The molecule has 1 heterocycles. The van der Waals surface area contributed by atoms with Crippen LogP contribution < -0.4 is 10.6 Å². The van der Waals surface area contributed by atoms with Gasteiger partial charge < -0.3 is 10.6 Å². The summed E-state index contributed by atoms with van der Waals surface area (Å²) in [5.41, 5.74) is 4.15. The first kappa shape index (κ1) is 26.2. The van der Waals surface area contributed by atoms with E-state index in [1.165, 1.54) is 23.1 Å². The van der Waals surface area contributed by atoms with Gasteiger partial charge >= 0.3 is 0 Å². The Hall–Kier alpha value is -3.46. The van der Waals surface area contributed by atoms with Gasteiger partial charge in [0, 0.05) is 10.2 Å². The van der Waals surface area contributed by atoms with Gasteiger partial charge in [-0.2, -0.15) is 0 Å². The molecule has 0 unspecified atom stereocenters. The maximum atomic E-state index is 13.3. The maximum Gasteiger partial charge on any atom is 0.256 e. The smallest absolute Gasteiger partial charge is 0.256 e. The number of halogens is 1. The van der Waals surface area contributed by atoms with E-state index in [9.17, 15) is 9.59 Å². The number of hydrogen-bond acceptors (Lipinski definition) is 5. The second kappa shape index (κ2) is 11.9. The summed E-state index contributed by atoms with van der Waals surface area (Å²) in [5, 5.41) is 5.82. The molecule has 5 aromatic rings. The van der Waals surface area contributed by atoms with E-state index in [1.54, 1.807) is 6.07 Å². The topological polar surface area (TPSA) is 71.1 Å². The van der Waals surface area contributed by atoms with E-state index in [2.05, 4.69) is 26.6 Å². The normalized spacial score (nSPS) is 11.9. The van der Waals surface area contributed by atoms with Crippen LogP contribution in [0.1, 0.15) is 34.5 Å². The summed E-state index contributed by atoms with van der Waals surface area (Å²) in [4.78, 5) is 30.6. The van der Waals surface area contributed by atoms with Crippen LogP contribution in [0.3, 0.4) is 0 Å². The second-order valence-electron chi connectivity index (χ2n) is 8.62. The van der Waals surface area contributed by atoms with Crippen molar-refractivity contribution < 1.29 is 9.59 Å². The summed E-state index contributed by atoms with van der Waals surface area (Å²) in [6.45, 7) is 1.89. The lowest BCUT2D eigenvalue weighted by molar-refractivity contribution is -0.120. The second-order valence-corrected chi connectivity index (χ2v) is 12.1. The summed E-state index contributed by atoms with van der Waals surface area (Å²) >= 11 is 6.36. The average molecular weight is 603 g/mol. The van der Waals surface area contributed by atoms with Gasteiger partial charge in [-0.05, 0) is 64.3 Å². The summed E-state index contributed by atoms with van der Waals surface area (Å²) in [5.74, 6) is -0.249. The van der Waals surface area contributed by atoms with Gasteiger partial charge in [-0.15, -0.1) is 11.3 Å². The molecule has 2 amide bonds. The Morgan fingerprint density at radius 3 is 2.16 bits per heavy atom. The van der Waals surface area contributed by atoms with E-state index in [1.807, 2.05) is 104 Å². The minimum atomic E-state index is -0.347. The standard InChI is InChI=1S/C30H24BrN3O2S2/c1-19(28(35)34-27(20-10-4-2-5-11-20)21-12-6-3-7-13-21)37-30-33-25-17-16-22(18-26(25)38-30)32-29(36)23-14-8-9-15-24(23)31/h2-19,27H,1H3,(H,32,36)(H,34,35)/t19-/m0/s1. The Morgan fingerprint density at radius 1 is 0.868 bits per heavy atom. The number of aromatic nitrogens is 1. The minimum Gasteiger partial charge on any atom is -0.344 e. The molecule has 0 bridgehead atoms. The van der Waals surface area contributed by atoms with E-state index in [4.69, 9.17) is 4.98 Å². The van der Waals surface area contributed by atoms with Crippen LogP contribution >= 0.6 is 39.0 Å². The highest BCUT2D eigenvalue weighted by Gasteiger charge is 2.22. The SMILES string of the molecule is C[C@H](Sc1nc2ccc(NC(=O)c3ccccc3Br)cc2s1)C(=O)NC(c1ccccc1)c1ccccc1. The lowest BCUT2D eigenvalue weighted by Crippen LogP contribution is -2.34. The van der Waals surface area contributed by atoms with Crippen LogP contribution in [0, 0.1) is 0 Å². The molecular formula is C30H24BrN3O2S2. The molecule has 0 spiro atoms. The molecule has 5 nitrogen and oxygen atoms in total. The number of benzene rings is 4. The number of amides is 2. The number of rotatable bonds is 8. The van der Waals surface area contributed by atoms with Crippen molar-refractivity contribution >= 4 is 66.7 Å². The third kappa shape index (κ3) is 6.15. The highest BCUT2D eigenvalue weighted by Crippen LogP contribution is 2.34. The van der Waals surface area contributed by atoms with Gasteiger partial charge in [-0.25, -0.2) is 4.98 Å². The maximum absolute atomic E-state index is 13.3. The molecule has 190 valence electrons. The Labute approximate surface area is 237 Å². The molecule has 0 radical (unpaired) electrons. The van der Waals surface area contributed by atoms with Gasteiger partial charge in [0.2, 0.25) is 5.91 Å². The quantitative estimate of drug-likeness (QED) is 0.179. The van der Waals surface area contributed by atoms with Crippen LogP contribution in [-0.2, 0) is 4.79 Å². The van der Waals surface area contributed by atoms with Crippen LogP contribution in [0.5, 0.6) is 0 Å². The number of thiazole rings is 1. The largest absolute Gasteiger partial charge is 0.344 e. The number of carbonyl (C=O) groups excluding carboxylic acids is 2. The molecule has 1 atom stereocenters. The number of carbonyl (C=O) groups is 2. The van der Waals surface area contributed by atoms with Crippen molar-refractivity contribution in [2.75, 3.05) is 5.32 Å². The van der Waals surface area contributed by atoms with E-state index in [0.29, 0.717) is 11.3 Å². The van der Waals surface area contributed by atoms with Crippen molar-refractivity contribution in [1.82, 2.24) is 10.3 Å². The van der Waals surface area contributed by atoms with E-state index < -0.39 is 0 Å².